The number of hydrogen-bond donors (Lipinski definition) is 3. The molecule has 6 aromatic rings. The molecule has 2 unspecified atom stereocenters. The van der Waals surface area contributed by atoms with Gasteiger partial charge in [0.1, 0.15) is 22.9 Å². The van der Waals surface area contributed by atoms with E-state index in [1.807, 2.05) is 70.5 Å². The molecule has 4 aromatic heterocycles. The van der Waals surface area contributed by atoms with E-state index in [1.54, 1.807) is 14.2 Å². The molecule has 0 aliphatic carbocycles. The first-order chi connectivity index (χ1) is 38.4. The van der Waals surface area contributed by atoms with Crippen molar-refractivity contribution in [2.24, 2.45) is 5.73 Å². The van der Waals surface area contributed by atoms with Gasteiger partial charge in [0.25, 0.3) is 0 Å². The maximum absolute atomic E-state index is 13.2. The van der Waals surface area contributed by atoms with Crippen LogP contribution in [0.15, 0.2) is 85.5 Å². The lowest BCUT2D eigenvalue weighted by Crippen LogP contribution is -2.38. The fourth-order valence-corrected chi connectivity index (χ4v) is 11.5. The molecule has 19 heteroatoms. The van der Waals surface area contributed by atoms with E-state index in [-0.39, 0.29) is 36.5 Å². The topological polar surface area (TPSA) is 192 Å². The summed E-state index contributed by atoms with van der Waals surface area (Å²) in [6, 6.07) is 20.4. The average molecular weight is 1090 g/mol. The summed E-state index contributed by atoms with van der Waals surface area (Å²) in [5, 5.41) is 24.5. The van der Waals surface area contributed by atoms with Crippen LogP contribution < -0.4 is 30.3 Å². The van der Waals surface area contributed by atoms with Gasteiger partial charge in [0, 0.05) is 133 Å². The molecule has 79 heavy (non-hydrogen) atoms. The van der Waals surface area contributed by atoms with Gasteiger partial charge in [0.2, 0.25) is 5.91 Å². The molecule has 0 spiro atoms. The standard InChI is InChI=1S/C30H43N7O2.C24H31N5O3.C6H14N2/c1-23(2)37-18-11-25(33-37)26(22-28(38)31-13-19-34-14-4-5-15-34)35-16-7-17-36(21-20-35)30-27(39-3)10-9-24-8-6-12-32-29(24)30;1-17(2)29-13-9-19(26-29)20(16-22(30)31)27-11-5-12-28(15-14-27)24-21(32-3)8-7-18-6-4-10-25-23(18)24;7-3-6-8-4-1-2-5-8/h6,8-12,18,23,26H,4-5,7,13-17,19-22H2,1-3H3,(H,31,38);4,6-10,13,17,20H,5,11-12,14-16H2,1-3H3,(H,30,31);1-7H2. The van der Waals surface area contributed by atoms with Crippen LogP contribution in [0.5, 0.6) is 11.5 Å². The molecule has 2 aromatic carbocycles. The lowest BCUT2D eigenvalue weighted by atomic mass is 10.1. The van der Waals surface area contributed by atoms with E-state index < -0.39 is 5.97 Å². The molecule has 0 bridgehead atoms. The highest BCUT2D eigenvalue weighted by molar-refractivity contribution is 5.95. The summed E-state index contributed by atoms with van der Waals surface area (Å²) in [4.78, 5) is 48.4. The number of pyridine rings is 2. The number of fused-ring (bicyclic) bond motifs is 2. The molecule has 428 valence electrons. The minimum atomic E-state index is -0.810. The number of nitrogens with one attached hydrogen (secondary N) is 1. The highest BCUT2D eigenvalue weighted by atomic mass is 16.5. The van der Waals surface area contributed by atoms with Gasteiger partial charge in [-0.1, -0.05) is 12.1 Å². The lowest BCUT2D eigenvalue weighted by molar-refractivity contribution is -0.138. The minimum Gasteiger partial charge on any atom is -0.494 e. The van der Waals surface area contributed by atoms with E-state index in [0.29, 0.717) is 13.0 Å². The number of amides is 1. The van der Waals surface area contributed by atoms with Gasteiger partial charge in [0.15, 0.2) is 0 Å². The second-order valence-corrected chi connectivity index (χ2v) is 21.8. The molecule has 4 N–H and O–H groups in total. The van der Waals surface area contributed by atoms with Gasteiger partial charge in [-0.3, -0.25) is 38.7 Å². The predicted octanol–water partition coefficient (Wildman–Crippen LogP) is 7.67. The molecule has 4 aliphatic heterocycles. The molecule has 0 radical (unpaired) electrons. The second kappa shape index (κ2) is 29.2. The van der Waals surface area contributed by atoms with Gasteiger partial charge in [-0.05, 0) is 141 Å². The van der Waals surface area contributed by atoms with E-state index in [1.165, 1.54) is 38.8 Å². The van der Waals surface area contributed by atoms with Crippen molar-refractivity contribution < 1.29 is 24.2 Å². The van der Waals surface area contributed by atoms with Crippen LogP contribution in [0, 0.1) is 0 Å². The summed E-state index contributed by atoms with van der Waals surface area (Å²) < 4.78 is 15.3. The van der Waals surface area contributed by atoms with Crippen LogP contribution in [0.1, 0.15) is 115 Å². The Kier molecular flexibility index (Phi) is 21.7. The van der Waals surface area contributed by atoms with Crippen molar-refractivity contribution in [1.82, 2.24) is 54.4 Å². The Morgan fingerprint density at radius 2 is 1.05 bits per heavy atom. The number of hydrogen-bond acceptors (Lipinski definition) is 15. The van der Waals surface area contributed by atoms with Crippen molar-refractivity contribution in [3.8, 4) is 11.5 Å². The average Bonchev–Trinajstić information content (AvgIpc) is 4.40. The van der Waals surface area contributed by atoms with Crippen LogP contribution in [0.2, 0.25) is 0 Å². The van der Waals surface area contributed by atoms with E-state index in [9.17, 15) is 14.7 Å². The van der Waals surface area contributed by atoms with E-state index in [2.05, 4.69) is 96.8 Å². The maximum Gasteiger partial charge on any atom is 0.305 e. The predicted molar refractivity (Wildman–Crippen MR) is 314 cm³/mol. The number of aromatic nitrogens is 6. The smallest absolute Gasteiger partial charge is 0.305 e. The number of rotatable bonds is 19. The molecule has 4 aliphatic rings. The number of carboxylic acids is 1. The van der Waals surface area contributed by atoms with Gasteiger partial charge in [-0.25, -0.2) is 0 Å². The normalized spacial score (nSPS) is 17.7. The van der Waals surface area contributed by atoms with Gasteiger partial charge in [-0.2, -0.15) is 10.2 Å². The Bertz CT molecular complexity index is 2840. The van der Waals surface area contributed by atoms with E-state index in [4.69, 9.17) is 25.3 Å². The quantitative estimate of drug-likeness (QED) is 0.0716. The number of carboxylic acid groups (broad SMARTS) is 1. The number of carbonyl (C=O) groups is 2. The molecule has 8 heterocycles. The molecule has 4 fully saturated rings. The van der Waals surface area contributed by atoms with Gasteiger partial charge in [0.05, 0.1) is 55.1 Å². The molecule has 0 saturated carbocycles. The third kappa shape index (κ3) is 15.7. The fourth-order valence-electron chi connectivity index (χ4n) is 11.5. The maximum atomic E-state index is 13.2. The number of nitrogens with zero attached hydrogens (tertiary/aromatic N) is 12. The number of likely N-dealkylation sites (tertiary alicyclic amines) is 2. The number of anilines is 2. The number of nitrogens with two attached hydrogens (primary N) is 1. The first kappa shape index (κ1) is 58.8. The Labute approximate surface area is 468 Å². The van der Waals surface area contributed by atoms with Crippen molar-refractivity contribution in [3.63, 3.8) is 0 Å². The number of methoxy groups -OCH3 is 2. The second-order valence-electron chi connectivity index (χ2n) is 21.8. The third-order valence-corrected chi connectivity index (χ3v) is 15.8. The number of aliphatic carboxylic acids is 1. The Morgan fingerprint density at radius 3 is 1.48 bits per heavy atom. The van der Waals surface area contributed by atoms with Crippen LogP contribution in [-0.2, 0) is 9.59 Å². The summed E-state index contributed by atoms with van der Waals surface area (Å²) in [6.45, 7) is 23.4. The zero-order chi connectivity index (χ0) is 55.7. The number of ether oxygens (including phenoxy) is 2. The van der Waals surface area contributed by atoms with Gasteiger partial charge in [-0.15, -0.1) is 0 Å². The molecule has 4 saturated heterocycles. The first-order valence-electron chi connectivity index (χ1n) is 29.0. The fraction of sp³-hybridized carbons (Fsp3) is 0.567. The monoisotopic (exact) mass is 1080 g/mol. The molecule has 10 rings (SSSR count). The van der Waals surface area contributed by atoms with Crippen LogP contribution in [0.25, 0.3) is 21.8 Å². The summed E-state index contributed by atoms with van der Waals surface area (Å²) >= 11 is 0. The van der Waals surface area contributed by atoms with E-state index >= 15 is 0 Å². The highest BCUT2D eigenvalue weighted by Crippen LogP contribution is 2.38. The van der Waals surface area contributed by atoms with Crippen LogP contribution >= 0.6 is 0 Å². The minimum absolute atomic E-state index is 0.0360. The van der Waals surface area contributed by atoms with Gasteiger partial charge >= 0.3 is 5.97 Å². The Morgan fingerprint density at radius 1 is 0.582 bits per heavy atom. The summed E-state index contributed by atoms with van der Waals surface area (Å²) in [5.74, 6) is 0.941. The summed E-state index contributed by atoms with van der Waals surface area (Å²) in [5.41, 5.74) is 11.1. The van der Waals surface area contributed by atoms with Crippen molar-refractivity contribution in [2.75, 3.05) is 129 Å². The Hall–Kier alpha value is -6.38. The van der Waals surface area contributed by atoms with Crippen molar-refractivity contribution in [2.45, 2.75) is 103 Å². The zero-order valence-electron chi connectivity index (χ0n) is 47.9. The molecule has 1 amide bonds. The van der Waals surface area contributed by atoms with Crippen LogP contribution in [0.3, 0.4) is 0 Å². The summed E-state index contributed by atoms with van der Waals surface area (Å²) in [6.07, 6.45) is 15.2. The lowest BCUT2D eigenvalue weighted by Gasteiger charge is -2.30. The van der Waals surface area contributed by atoms with Crippen molar-refractivity contribution >= 4 is 45.1 Å². The van der Waals surface area contributed by atoms with Gasteiger partial charge < -0.3 is 45.2 Å². The SMILES string of the molecule is COc1ccc2cccnc2c1N1CCCN(C(CC(=O)NCCN2CCCC2)c2ccn(C(C)C)n2)CC1.COc1ccc2cccnc2c1N1CCCN(C(CC(=O)O)c2ccn(C(C)C)n2)CC1.NCCN1CCCC1. The van der Waals surface area contributed by atoms with Crippen molar-refractivity contribution in [1.29, 1.82) is 0 Å². The Balaban J connectivity index is 0.000000185. The number of benzene rings is 2. The first-order valence-corrected chi connectivity index (χ1v) is 29.0. The van der Waals surface area contributed by atoms with E-state index in [0.717, 1.165) is 154 Å². The third-order valence-electron chi connectivity index (χ3n) is 15.8. The molecule has 19 nitrogen and oxygen atoms in total. The summed E-state index contributed by atoms with van der Waals surface area (Å²) in [7, 11) is 3.41. The highest BCUT2D eigenvalue weighted by Gasteiger charge is 2.31. The molecule has 2 atom stereocenters. The van der Waals surface area contributed by atoms with Crippen molar-refractivity contribution in [3.05, 3.63) is 96.8 Å². The molecular formula is C60H88N14O5. The number of carbonyl (C=O) groups excluding carboxylic acids is 1. The largest absolute Gasteiger partial charge is 0.494 e. The van der Waals surface area contributed by atoms with Crippen LogP contribution in [-0.4, -0.2) is 185 Å². The zero-order valence-corrected chi connectivity index (χ0v) is 47.9. The van der Waals surface area contributed by atoms with Crippen LogP contribution in [0.4, 0.5) is 11.4 Å². The molecular weight excluding hydrogens is 997 g/mol.